The molecular formula is C11H5F2NO5. The first-order valence-corrected chi connectivity index (χ1v) is 5.06. The van der Waals surface area contributed by atoms with Crippen LogP contribution in [0.15, 0.2) is 23.0 Å². The van der Waals surface area contributed by atoms with Crippen molar-refractivity contribution in [3.8, 4) is 11.5 Å². The van der Waals surface area contributed by atoms with Gasteiger partial charge in [0.1, 0.15) is 5.69 Å². The van der Waals surface area contributed by atoms with Crippen molar-refractivity contribution < 1.29 is 28.2 Å². The molecule has 0 spiro atoms. The fourth-order valence-electron chi connectivity index (χ4n) is 1.81. The highest BCUT2D eigenvalue weighted by Gasteiger charge is 2.43. The fraction of sp³-hybridized carbons (Fsp3) is 0.0909. The SMILES string of the molecule is O=C(O)c1cc(=O)c2cc3c(cc2[nH]1)OC(F)(F)O3. The summed E-state index contributed by atoms with van der Waals surface area (Å²) in [5, 5.41) is 8.83. The van der Waals surface area contributed by atoms with E-state index in [-0.39, 0.29) is 28.1 Å². The molecule has 2 heterocycles. The van der Waals surface area contributed by atoms with Crippen molar-refractivity contribution >= 4 is 16.9 Å². The van der Waals surface area contributed by atoms with Crippen LogP contribution in [-0.2, 0) is 0 Å². The molecule has 98 valence electrons. The van der Waals surface area contributed by atoms with Gasteiger partial charge in [0.25, 0.3) is 0 Å². The van der Waals surface area contributed by atoms with Gasteiger partial charge in [-0.2, -0.15) is 0 Å². The lowest BCUT2D eigenvalue weighted by Crippen LogP contribution is -2.25. The molecule has 0 saturated heterocycles. The number of halogens is 2. The van der Waals surface area contributed by atoms with Crippen molar-refractivity contribution in [3.63, 3.8) is 0 Å². The number of pyridine rings is 1. The molecule has 2 N–H and O–H groups in total. The van der Waals surface area contributed by atoms with Gasteiger partial charge in [-0.3, -0.25) is 4.79 Å². The minimum Gasteiger partial charge on any atom is -0.477 e. The second kappa shape index (κ2) is 3.44. The van der Waals surface area contributed by atoms with Gasteiger partial charge in [0.2, 0.25) is 0 Å². The zero-order chi connectivity index (χ0) is 13.8. The van der Waals surface area contributed by atoms with E-state index in [4.69, 9.17) is 5.11 Å². The van der Waals surface area contributed by atoms with Gasteiger partial charge in [0, 0.05) is 17.5 Å². The van der Waals surface area contributed by atoms with Crippen LogP contribution < -0.4 is 14.9 Å². The van der Waals surface area contributed by atoms with Crippen LogP contribution in [0.5, 0.6) is 11.5 Å². The molecule has 0 fully saturated rings. The second-order valence-electron chi connectivity index (χ2n) is 3.86. The third-order valence-corrected chi connectivity index (χ3v) is 2.58. The molecule has 19 heavy (non-hydrogen) atoms. The number of aromatic nitrogens is 1. The van der Waals surface area contributed by atoms with E-state index in [1.165, 1.54) is 0 Å². The molecule has 3 rings (SSSR count). The molecule has 0 bridgehead atoms. The van der Waals surface area contributed by atoms with E-state index < -0.39 is 17.7 Å². The summed E-state index contributed by atoms with van der Waals surface area (Å²) in [5.41, 5.74) is -0.888. The van der Waals surface area contributed by atoms with Gasteiger partial charge in [-0.25, -0.2) is 4.79 Å². The molecule has 0 unspecified atom stereocenters. The summed E-state index contributed by atoms with van der Waals surface area (Å²) < 4.78 is 34.2. The number of carboxylic acids is 1. The Morgan fingerprint density at radius 3 is 2.47 bits per heavy atom. The van der Waals surface area contributed by atoms with Gasteiger partial charge in [0.05, 0.1) is 5.52 Å². The molecule has 2 aromatic rings. The quantitative estimate of drug-likeness (QED) is 0.819. The largest absolute Gasteiger partial charge is 0.586 e. The second-order valence-corrected chi connectivity index (χ2v) is 3.86. The van der Waals surface area contributed by atoms with Crippen molar-refractivity contribution in [1.82, 2.24) is 4.98 Å². The molecular weight excluding hydrogens is 264 g/mol. The standard InChI is InChI=1S/C11H5F2NO5/c12-11(13)18-8-1-4-5(3-9(8)19-11)14-6(10(16)17)2-7(4)15/h1-3H,(H,14,15)(H,16,17). The number of benzene rings is 1. The lowest BCUT2D eigenvalue weighted by molar-refractivity contribution is -0.286. The normalized spacial score (nSPS) is 15.7. The highest BCUT2D eigenvalue weighted by atomic mass is 19.3. The summed E-state index contributed by atoms with van der Waals surface area (Å²) in [6.07, 6.45) is -3.79. The Balaban J connectivity index is 2.27. The van der Waals surface area contributed by atoms with Crippen molar-refractivity contribution in [2.75, 3.05) is 0 Å². The maximum atomic E-state index is 12.9. The van der Waals surface area contributed by atoms with Crippen LogP contribution in [0.3, 0.4) is 0 Å². The van der Waals surface area contributed by atoms with E-state index in [1.54, 1.807) is 0 Å². The Bertz CT molecular complexity index is 768. The average Bonchev–Trinajstić information content (AvgIpc) is 2.59. The highest BCUT2D eigenvalue weighted by Crippen LogP contribution is 2.42. The monoisotopic (exact) mass is 269 g/mol. The Morgan fingerprint density at radius 2 is 1.84 bits per heavy atom. The number of aromatic carboxylic acids is 1. The lowest BCUT2D eigenvalue weighted by atomic mass is 10.1. The summed E-state index contributed by atoms with van der Waals surface area (Å²) in [4.78, 5) is 24.9. The number of H-pyrrole nitrogens is 1. The summed E-state index contributed by atoms with van der Waals surface area (Å²) in [7, 11) is 0. The van der Waals surface area contributed by atoms with Crippen LogP contribution in [0.25, 0.3) is 10.9 Å². The third kappa shape index (κ3) is 1.77. The number of alkyl halides is 2. The third-order valence-electron chi connectivity index (χ3n) is 2.58. The first kappa shape index (κ1) is 11.5. The Kier molecular flexibility index (Phi) is 2.07. The predicted molar refractivity (Wildman–Crippen MR) is 57.7 cm³/mol. The number of nitrogens with one attached hydrogen (secondary N) is 1. The maximum absolute atomic E-state index is 12.9. The molecule has 0 amide bonds. The van der Waals surface area contributed by atoms with Crippen LogP contribution >= 0.6 is 0 Å². The van der Waals surface area contributed by atoms with Gasteiger partial charge in [-0.15, -0.1) is 8.78 Å². The number of fused-ring (bicyclic) bond motifs is 2. The zero-order valence-corrected chi connectivity index (χ0v) is 9.07. The Hall–Kier alpha value is -2.64. The number of hydrogen-bond donors (Lipinski definition) is 2. The number of carboxylic acid groups (broad SMARTS) is 1. The molecule has 1 aromatic carbocycles. The molecule has 0 saturated carbocycles. The molecule has 1 aromatic heterocycles. The molecule has 0 atom stereocenters. The number of rotatable bonds is 1. The van der Waals surface area contributed by atoms with E-state index in [2.05, 4.69) is 14.5 Å². The first-order chi connectivity index (χ1) is 8.85. The lowest BCUT2D eigenvalue weighted by Gasteiger charge is -2.04. The molecule has 0 aliphatic carbocycles. The Labute approximate surface area is 103 Å². The van der Waals surface area contributed by atoms with E-state index in [0.717, 1.165) is 18.2 Å². The zero-order valence-electron chi connectivity index (χ0n) is 9.07. The first-order valence-electron chi connectivity index (χ1n) is 5.06. The Morgan fingerprint density at radius 1 is 1.21 bits per heavy atom. The van der Waals surface area contributed by atoms with E-state index in [9.17, 15) is 18.4 Å². The van der Waals surface area contributed by atoms with Gasteiger partial charge >= 0.3 is 12.3 Å². The number of aromatic amines is 1. The van der Waals surface area contributed by atoms with E-state index in [1.807, 2.05) is 0 Å². The average molecular weight is 269 g/mol. The van der Waals surface area contributed by atoms with Crippen LogP contribution in [0.2, 0.25) is 0 Å². The minimum absolute atomic E-state index is 0.0325. The number of carbonyl (C=O) groups is 1. The van der Waals surface area contributed by atoms with Crippen molar-refractivity contribution in [2.45, 2.75) is 6.29 Å². The van der Waals surface area contributed by atoms with Crippen molar-refractivity contribution in [1.29, 1.82) is 0 Å². The smallest absolute Gasteiger partial charge is 0.477 e. The minimum atomic E-state index is -3.79. The van der Waals surface area contributed by atoms with E-state index >= 15 is 0 Å². The van der Waals surface area contributed by atoms with Crippen LogP contribution in [0, 0.1) is 0 Å². The highest BCUT2D eigenvalue weighted by molar-refractivity contribution is 5.90. The van der Waals surface area contributed by atoms with Crippen LogP contribution in [0.1, 0.15) is 10.5 Å². The molecule has 1 aliphatic rings. The van der Waals surface area contributed by atoms with Crippen molar-refractivity contribution in [3.05, 3.63) is 34.1 Å². The predicted octanol–water partition coefficient (Wildman–Crippen LogP) is 1.55. The summed E-state index contributed by atoms with van der Waals surface area (Å²) >= 11 is 0. The summed E-state index contributed by atoms with van der Waals surface area (Å²) in [6, 6.07) is 3.04. The number of hydrogen-bond acceptors (Lipinski definition) is 4. The van der Waals surface area contributed by atoms with Gasteiger partial charge in [-0.05, 0) is 6.07 Å². The molecule has 8 heteroatoms. The molecule has 0 radical (unpaired) electrons. The van der Waals surface area contributed by atoms with Crippen LogP contribution in [-0.4, -0.2) is 22.4 Å². The van der Waals surface area contributed by atoms with Gasteiger partial charge in [0.15, 0.2) is 16.9 Å². The van der Waals surface area contributed by atoms with E-state index in [0.29, 0.717) is 0 Å². The number of ether oxygens (including phenoxy) is 2. The van der Waals surface area contributed by atoms with Crippen molar-refractivity contribution in [2.24, 2.45) is 0 Å². The topological polar surface area (TPSA) is 88.6 Å². The van der Waals surface area contributed by atoms with Gasteiger partial charge in [-0.1, -0.05) is 0 Å². The maximum Gasteiger partial charge on any atom is 0.586 e. The van der Waals surface area contributed by atoms with Crippen LogP contribution in [0.4, 0.5) is 8.78 Å². The fourth-order valence-corrected chi connectivity index (χ4v) is 1.81. The van der Waals surface area contributed by atoms with Gasteiger partial charge < -0.3 is 19.6 Å². The molecule has 6 nitrogen and oxygen atoms in total. The summed E-state index contributed by atoms with van der Waals surface area (Å²) in [5.74, 6) is -1.87. The summed E-state index contributed by atoms with van der Waals surface area (Å²) in [6.45, 7) is 0. The molecule has 1 aliphatic heterocycles.